The third-order valence-corrected chi connectivity index (χ3v) is 4.11. The predicted molar refractivity (Wildman–Crippen MR) is 80.6 cm³/mol. The average Bonchev–Trinajstić information content (AvgIpc) is 2.86. The van der Waals surface area contributed by atoms with Crippen molar-refractivity contribution in [3.63, 3.8) is 0 Å². The van der Waals surface area contributed by atoms with Gasteiger partial charge in [-0.15, -0.1) is 0 Å². The molecule has 0 fully saturated rings. The Kier molecular flexibility index (Phi) is 5.41. The van der Waals surface area contributed by atoms with Crippen molar-refractivity contribution in [2.24, 2.45) is 0 Å². The normalized spacial score (nSPS) is 17.2. The molecule has 2 rings (SSSR count). The smallest absolute Gasteiger partial charge is 0.0616 e. The van der Waals surface area contributed by atoms with Crippen molar-refractivity contribution in [2.45, 2.75) is 58.0 Å². The van der Waals surface area contributed by atoms with Crippen molar-refractivity contribution in [2.75, 3.05) is 13.7 Å². The van der Waals surface area contributed by atoms with Gasteiger partial charge in [-0.05, 0) is 49.3 Å². The maximum absolute atomic E-state index is 5.30. The molecule has 0 heterocycles. The Hall–Kier alpha value is -0.860. The molecule has 106 valence electrons. The number of fused-ring (bicyclic) bond motifs is 1. The van der Waals surface area contributed by atoms with Crippen molar-refractivity contribution in [3.05, 3.63) is 34.9 Å². The number of ether oxygens (including phenoxy) is 1. The Balaban J connectivity index is 2.00. The second kappa shape index (κ2) is 7.06. The summed E-state index contributed by atoms with van der Waals surface area (Å²) in [6.45, 7) is 5.28. The molecule has 2 unspecified atom stereocenters. The molecule has 0 aliphatic heterocycles. The maximum Gasteiger partial charge on any atom is 0.0616 e. The van der Waals surface area contributed by atoms with E-state index < -0.39 is 0 Å². The van der Waals surface area contributed by atoms with Gasteiger partial charge in [0.15, 0.2) is 0 Å². The van der Waals surface area contributed by atoms with Crippen LogP contribution in [0.5, 0.6) is 0 Å². The summed E-state index contributed by atoms with van der Waals surface area (Å²) in [4.78, 5) is 0. The topological polar surface area (TPSA) is 21.3 Å². The number of aryl methyl sites for hydroxylation is 2. The van der Waals surface area contributed by atoms with Crippen LogP contribution in [-0.2, 0) is 17.6 Å². The largest absolute Gasteiger partial charge is 0.383 e. The van der Waals surface area contributed by atoms with Crippen LogP contribution in [0.15, 0.2) is 18.2 Å². The third kappa shape index (κ3) is 3.80. The van der Waals surface area contributed by atoms with Gasteiger partial charge in [0.1, 0.15) is 0 Å². The Morgan fingerprint density at radius 2 is 2.05 bits per heavy atom. The molecule has 1 N–H and O–H groups in total. The molecule has 2 nitrogen and oxygen atoms in total. The zero-order chi connectivity index (χ0) is 13.7. The number of rotatable bonds is 7. The van der Waals surface area contributed by atoms with E-state index in [9.17, 15) is 0 Å². The van der Waals surface area contributed by atoms with Gasteiger partial charge in [0, 0.05) is 19.2 Å². The second-order valence-corrected chi connectivity index (χ2v) is 5.71. The summed E-state index contributed by atoms with van der Waals surface area (Å²) in [6, 6.07) is 7.87. The lowest BCUT2D eigenvalue weighted by molar-refractivity contribution is 0.157. The molecule has 1 aromatic carbocycles. The molecule has 1 aromatic rings. The highest BCUT2D eigenvalue weighted by molar-refractivity contribution is 5.36. The number of hydrogen-bond acceptors (Lipinski definition) is 2. The summed E-state index contributed by atoms with van der Waals surface area (Å²) in [5.74, 6) is 0. The van der Waals surface area contributed by atoms with Crippen molar-refractivity contribution in [1.82, 2.24) is 5.32 Å². The van der Waals surface area contributed by atoms with Crippen LogP contribution < -0.4 is 5.32 Å². The van der Waals surface area contributed by atoms with Gasteiger partial charge < -0.3 is 10.1 Å². The predicted octanol–water partition coefficient (Wildman–Crippen LogP) is 3.64. The first-order chi connectivity index (χ1) is 9.24. The van der Waals surface area contributed by atoms with E-state index in [0.29, 0.717) is 12.1 Å². The Labute approximate surface area is 117 Å². The van der Waals surface area contributed by atoms with Gasteiger partial charge in [0.25, 0.3) is 0 Å². The number of methoxy groups -OCH3 is 1. The van der Waals surface area contributed by atoms with Gasteiger partial charge >= 0.3 is 0 Å². The van der Waals surface area contributed by atoms with Crippen LogP contribution in [0.1, 0.15) is 55.8 Å². The number of nitrogens with one attached hydrogen (secondary N) is 1. The fourth-order valence-electron chi connectivity index (χ4n) is 3.08. The Bertz CT molecular complexity index is 396. The highest BCUT2D eigenvalue weighted by atomic mass is 16.5. The van der Waals surface area contributed by atoms with Crippen LogP contribution >= 0.6 is 0 Å². The molecule has 0 amide bonds. The molecule has 0 saturated carbocycles. The van der Waals surface area contributed by atoms with Gasteiger partial charge in [-0.25, -0.2) is 0 Å². The van der Waals surface area contributed by atoms with Crippen molar-refractivity contribution in [1.29, 1.82) is 0 Å². The molecule has 0 saturated heterocycles. The van der Waals surface area contributed by atoms with Crippen molar-refractivity contribution < 1.29 is 4.74 Å². The molecule has 0 aromatic heterocycles. The van der Waals surface area contributed by atoms with Crippen LogP contribution in [-0.4, -0.2) is 19.8 Å². The minimum absolute atomic E-state index is 0.401. The summed E-state index contributed by atoms with van der Waals surface area (Å²) in [7, 11) is 1.78. The highest BCUT2D eigenvalue weighted by Crippen LogP contribution is 2.25. The molecule has 2 heteroatoms. The van der Waals surface area contributed by atoms with Crippen LogP contribution in [0.3, 0.4) is 0 Å². The first-order valence-corrected chi connectivity index (χ1v) is 7.61. The average molecular weight is 261 g/mol. The molecular weight excluding hydrogens is 234 g/mol. The summed E-state index contributed by atoms with van der Waals surface area (Å²) in [5.41, 5.74) is 4.53. The van der Waals surface area contributed by atoms with Gasteiger partial charge in [-0.3, -0.25) is 0 Å². The lowest BCUT2D eigenvalue weighted by Crippen LogP contribution is -2.35. The SMILES string of the molecule is CCCC(COC)NC(C)c1ccc2c(c1)CCC2. The summed E-state index contributed by atoms with van der Waals surface area (Å²) < 4.78 is 5.30. The van der Waals surface area contributed by atoms with E-state index >= 15 is 0 Å². The quantitative estimate of drug-likeness (QED) is 0.809. The zero-order valence-corrected chi connectivity index (χ0v) is 12.5. The number of benzene rings is 1. The number of hydrogen-bond donors (Lipinski definition) is 1. The van der Waals surface area contributed by atoms with E-state index in [0.717, 1.165) is 6.61 Å². The standard InChI is InChI=1S/C17H27NO/c1-4-6-17(12-19-3)18-13(2)15-10-9-14-7-5-8-16(14)11-15/h9-11,13,17-18H,4-8,12H2,1-3H3. The third-order valence-electron chi connectivity index (χ3n) is 4.11. The minimum atomic E-state index is 0.401. The fraction of sp³-hybridized carbons (Fsp3) is 0.647. The minimum Gasteiger partial charge on any atom is -0.383 e. The lowest BCUT2D eigenvalue weighted by Gasteiger charge is -2.23. The Morgan fingerprint density at radius 3 is 2.79 bits per heavy atom. The van der Waals surface area contributed by atoms with E-state index in [4.69, 9.17) is 4.74 Å². The van der Waals surface area contributed by atoms with Crippen LogP contribution in [0, 0.1) is 0 Å². The van der Waals surface area contributed by atoms with Gasteiger partial charge in [-0.1, -0.05) is 31.5 Å². The monoisotopic (exact) mass is 261 g/mol. The molecule has 19 heavy (non-hydrogen) atoms. The summed E-state index contributed by atoms with van der Waals surface area (Å²) in [5, 5.41) is 3.70. The maximum atomic E-state index is 5.30. The lowest BCUT2D eigenvalue weighted by atomic mass is 10.0. The molecule has 1 aliphatic rings. The van der Waals surface area contributed by atoms with Crippen molar-refractivity contribution in [3.8, 4) is 0 Å². The molecule has 1 aliphatic carbocycles. The fourth-order valence-corrected chi connectivity index (χ4v) is 3.08. The molecular formula is C17H27NO. The summed E-state index contributed by atoms with van der Waals surface area (Å²) in [6.07, 6.45) is 6.20. The van der Waals surface area contributed by atoms with E-state index in [1.807, 2.05) is 0 Å². The van der Waals surface area contributed by atoms with E-state index in [1.54, 1.807) is 18.2 Å². The van der Waals surface area contributed by atoms with Crippen molar-refractivity contribution >= 4 is 0 Å². The molecule has 0 bridgehead atoms. The second-order valence-electron chi connectivity index (χ2n) is 5.71. The molecule has 0 spiro atoms. The highest BCUT2D eigenvalue weighted by Gasteiger charge is 2.16. The first-order valence-electron chi connectivity index (χ1n) is 7.61. The molecule has 0 radical (unpaired) electrons. The molecule has 2 atom stereocenters. The van der Waals surface area contributed by atoms with E-state index in [2.05, 4.69) is 37.4 Å². The zero-order valence-electron chi connectivity index (χ0n) is 12.5. The van der Waals surface area contributed by atoms with E-state index in [1.165, 1.54) is 37.7 Å². The van der Waals surface area contributed by atoms with Crippen LogP contribution in [0.4, 0.5) is 0 Å². The summed E-state index contributed by atoms with van der Waals surface area (Å²) >= 11 is 0. The first kappa shape index (κ1) is 14.5. The van der Waals surface area contributed by atoms with Crippen LogP contribution in [0.25, 0.3) is 0 Å². The van der Waals surface area contributed by atoms with Gasteiger partial charge in [-0.2, -0.15) is 0 Å². The Morgan fingerprint density at radius 1 is 1.26 bits per heavy atom. The van der Waals surface area contributed by atoms with E-state index in [-0.39, 0.29) is 0 Å². The van der Waals surface area contributed by atoms with Gasteiger partial charge in [0.05, 0.1) is 6.61 Å². The van der Waals surface area contributed by atoms with Gasteiger partial charge in [0.2, 0.25) is 0 Å². The van der Waals surface area contributed by atoms with Crippen LogP contribution in [0.2, 0.25) is 0 Å².